The van der Waals surface area contributed by atoms with E-state index in [0.29, 0.717) is 11.3 Å². The number of amides is 1. The number of fused-ring (bicyclic) bond motifs is 1. The van der Waals surface area contributed by atoms with Gasteiger partial charge in [0.1, 0.15) is 11.8 Å². The second-order valence-electron chi connectivity index (χ2n) is 4.25. The van der Waals surface area contributed by atoms with E-state index >= 15 is 0 Å². The van der Waals surface area contributed by atoms with Crippen molar-refractivity contribution in [3.8, 4) is 5.75 Å². The van der Waals surface area contributed by atoms with Gasteiger partial charge in [-0.25, -0.2) is 0 Å². The third-order valence-electron chi connectivity index (χ3n) is 3.04. The number of nitrogens with one attached hydrogen (secondary N) is 2. The number of methoxy groups -OCH3 is 1. The molecule has 1 amide bonds. The number of likely N-dealkylation sites (N-methyl/N-ethyl adjacent to an activating group) is 1. The summed E-state index contributed by atoms with van der Waals surface area (Å²) in [7, 11) is 1.61. The van der Waals surface area contributed by atoms with Crippen molar-refractivity contribution < 1.29 is 9.53 Å². The van der Waals surface area contributed by atoms with E-state index in [1.807, 2.05) is 32.0 Å². The summed E-state index contributed by atoms with van der Waals surface area (Å²) in [4.78, 5) is 15.1. The Hall–Kier alpha value is -1.82. The van der Waals surface area contributed by atoms with Gasteiger partial charge in [-0.3, -0.25) is 4.79 Å². The standard InChI is InChI=1S/C13H17N3O2S/c1-4-14-12(17)8(2)16-11-7-9(18-3)5-6-10(11)15-13(16)19/h5-8H,4H2,1-3H3,(H,14,17)(H,15,19). The van der Waals surface area contributed by atoms with Crippen LogP contribution in [0.25, 0.3) is 11.0 Å². The average molecular weight is 279 g/mol. The largest absolute Gasteiger partial charge is 0.497 e. The Bertz CT molecular complexity index is 659. The van der Waals surface area contributed by atoms with Gasteiger partial charge in [0.15, 0.2) is 4.77 Å². The van der Waals surface area contributed by atoms with Gasteiger partial charge < -0.3 is 19.6 Å². The highest BCUT2D eigenvalue weighted by Gasteiger charge is 2.18. The number of nitrogens with zero attached hydrogens (tertiary/aromatic N) is 1. The molecule has 0 saturated carbocycles. The fourth-order valence-electron chi connectivity index (χ4n) is 2.05. The van der Waals surface area contributed by atoms with Gasteiger partial charge in [-0.1, -0.05) is 0 Å². The van der Waals surface area contributed by atoms with Crippen LogP contribution in [0.5, 0.6) is 5.75 Å². The summed E-state index contributed by atoms with van der Waals surface area (Å²) < 4.78 is 7.55. The van der Waals surface area contributed by atoms with Crippen LogP contribution < -0.4 is 10.1 Å². The zero-order valence-corrected chi connectivity index (χ0v) is 12.0. The summed E-state index contributed by atoms with van der Waals surface area (Å²) >= 11 is 5.30. The normalized spacial score (nSPS) is 12.4. The molecule has 1 atom stereocenters. The van der Waals surface area contributed by atoms with Crippen molar-refractivity contribution in [3.05, 3.63) is 23.0 Å². The van der Waals surface area contributed by atoms with Crippen molar-refractivity contribution in [2.75, 3.05) is 13.7 Å². The topological polar surface area (TPSA) is 59.0 Å². The first kappa shape index (κ1) is 13.6. The van der Waals surface area contributed by atoms with Crippen molar-refractivity contribution in [1.82, 2.24) is 14.9 Å². The van der Waals surface area contributed by atoms with Crippen molar-refractivity contribution in [2.45, 2.75) is 19.9 Å². The Balaban J connectivity index is 2.55. The van der Waals surface area contributed by atoms with Crippen LogP contribution >= 0.6 is 12.2 Å². The minimum absolute atomic E-state index is 0.0534. The van der Waals surface area contributed by atoms with Crippen LogP contribution in [0.4, 0.5) is 0 Å². The quantitative estimate of drug-likeness (QED) is 0.845. The third-order valence-corrected chi connectivity index (χ3v) is 3.34. The van der Waals surface area contributed by atoms with Crippen LogP contribution in [0.3, 0.4) is 0 Å². The highest BCUT2D eigenvalue weighted by Crippen LogP contribution is 2.23. The van der Waals surface area contributed by atoms with E-state index in [4.69, 9.17) is 17.0 Å². The number of aromatic amines is 1. The molecule has 0 fully saturated rings. The molecule has 0 aliphatic carbocycles. The summed E-state index contributed by atoms with van der Waals surface area (Å²) in [6.07, 6.45) is 0. The maximum atomic E-state index is 12.0. The molecule has 1 heterocycles. The molecule has 0 aliphatic heterocycles. The van der Waals surface area contributed by atoms with Gasteiger partial charge in [0.05, 0.1) is 18.1 Å². The van der Waals surface area contributed by atoms with Gasteiger partial charge >= 0.3 is 0 Å². The molecule has 19 heavy (non-hydrogen) atoms. The van der Waals surface area contributed by atoms with Gasteiger partial charge in [-0.2, -0.15) is 0 Å². The number of benzene rings is 1. The van der Waals surface area contributed by atoms with Crippen LogP contribution in [0.1, 0.15) is 19.9 Å². The zero-order valence-electron chi connectivity index (χ0n) is 11.2. The highest BCUT2D eigenvalue weighted by atomic mass is 32.1. The molecule has 5 nitrogen and oxygen atoms in total. The molecule has 0 radical (unpaired) electrons. The molecule has 0 saturated heterocycles. The van der Waals surface area contributed by atoms with Crippen LogP contribution in [0, 0.1) is 4.77 Å². The molecule has 2 aromatic rings. The number of H-pyrrole nitrogens is 1. The van der Waals surface area contributed by atoms with Crippen molar-refractivity contribution in [2.24, 2.45) is 0 Å². The lowest BCUT2D eigenvalue weighted by Crippen LogP contribution is -2.30. The highest BCUT2D eigenvalue weighted by molar-refractivity contribution is 7.71. The molecular formula is C13H17N3O2S. The molecule has 1 unspecified atom stereocenters. The molecule has 1 aromatic heterocycles. The van der Waals surface area contributed by atoms with E-state index in [-0.39, 0.29) is 11.9 Å². The monoisotopic (exact) mass is 279 g/mol. The molecule has 2 rings (SSSR count). The van der Waals surface area contributed by atoms with Crippen molar-refractivity contribution >= 4 is 29.2 Å². The first-order valence-corrected chi connectivity index (χ1v) is 6.55. The molecule has 0 bridgehead atoms. The van der Waals surface area contributed by atoms with E-state index in [1.165, 1.54) is 0 Å². The number of carbonyl (C=O) groups excluding carboxylic acids is 1. The van der Waals surface area contributed by atoms with Crippen LogP contribution in [-0.2, 0) is 4.79 Å². The lowest BCUT2D eigenvalue weighted by atomic mass is 10.2. The van der Waals surface area contributed by atoms with Crippen LogP contribution in [0.2, 0.25) is 0 Å². The van der Waals surface area contributed by atoms with Gasteiger partial charge in [-0.05, 0) is 38.2 Å². The van der Waals surface area contributed by atoms with Gasteiger partial charge in [0, 0.05) is 12.6 Å². The van der Waals surface area contributed by atoms with Crippen LogP contribution in [-0.4, -0.2) is 29.1 Å². The minimum Gasteiger partial charge on any atom is -0.497 e. The summed E-state index contributed by atoms with van der Waals surface area (Å²) in [6, 6.07) is 5.25. The van der Waals surface area contributed by atoms with Crippen molar-refractivity contribution in [1.29, 1.82) is 0 Å². The Morgan fingerprint density at radius 2 is 2.32 bits per heavy atom. The predicted octanol–water partition coefficient (Wildman–Crippen LogP) is 2.40. The Kier molecular flexibility index (Phi) is 3.90. The number of ether oxygens (including phenoxy) is 1. The smallest absolute Gasteiger partial charge is 0.242 e. The molecular weight excluding hydrogens is 262 g/mol. The van der Waals surface area contributed by atoms with E-state index < -0.39 is 0 Å². The maximum Gasteiger partial charge on any atom is 0.242 e. The number of imidazole rings is 1. The first-order valence-electron chi connectivity index (χ1n) is 6.14. The van der Waals surface area contributed by atoms with Crippen molar-refractivity contribution in [3.63, 3.8) is 0 Å². The van der Waals surface area contributed by atoms with Gasteiger partial charge in [0.2, 0.25) is 5.91 Å². The third kappa shape index (κ3) is 2.49. The van der Waals surface area contributed by atoms with E-state index in [0.717, 1.165) is 16.8 Å². The fourth-order valence-corrected chi connectivity index (χ4v) is 2.42. The SMILES string of the molecule is CCNC(=O)C(C)n1c(=S)[nH]c2ccc(OC)cc21. The minimum atomic E-state index is -0.367. The van der Waals surface area contributed by atoms with Crippen LogP contribution in [0.15, 0.2) is 18.2 Å². The van der Waals surface area contributed by atoms with Gasteiger partial charge in [-0.15, -0.1) is 0 Å². The molecule has 0 spiro atoms. The number of hydrogen-bond donors (Lipinski definition) is 2. The number of carbonyl (C=O) groups is 1. The predicted molar refractivity (Wildman–Crippen MR) is 77.1 cm³/mol. The number of hydrogen-bond acceptors (Lipinski definition) is 3. The molecule has 102 valence electrons. The Morgan fingerprint density at radius 1 is 1.58 bits per heavy atom. The first-order chi connectivity index (χ1) is 9.08. The summed E-state index contributed by atoms with van der Waals surface area (Å²) in [5.74, 6) is 0.681. The van der Waals surface area contributed by atoms with Gasteiger partial charge in [0.25, 0.3) is 0 Å². The molecule has 1 aromatic carbocycles. The fraction of sp³-hybridized carbons (Fsp3) is 0.385. The summed E-state index contributed by atoms with van der Waals surface area (Å²) in [5.41, 5.74) is 1.75. The van der Waals surface area contributed by atoms with E-state index in [2.05, 4.69) is 10.3 Å². The summed E-state index contributed by atoms with van der Waals surface area (Å²) in [5, 5.41) is 2.80. The Morgan fingerprint density at radius 3 is 2.95 bits per heavy atom. The molecule has 0 aliphatic rings. The average Bonchev–Trinajstić information content (AvgIpc) is 2.72. The lowest BCUT2D eigenvalue weighted by molar-refractivity contribution is -0.123. The second kappa shape index (κ2) is 5.44. The molecule has 2 N–H and O–H groups in total. The number of aromatic nitrogens is 2. The zero-order chi connectivity index (χ0) is 14.0. The molecule has 6 heteroatoms. The Labute approximate surface area is 116 Å². The van der Waals surface area contributed by atoms with E-state index in [1.54, 1.807) is 11.7 Å². The maximum absolute atomic E-state index is 12.0. The lowest BCUT2D eigenvalue weighted by Gasteiger charge is -2.14. The summed E-state index contributed by atoms with van der Waals surface area (Å²) in [6.45, 7) is 4.32. The number of rotatable bonds is 4. The second-order valence-corrected chi connectivity index (χ2v) is 4.64. The van der Waals surface area contributed by atoms with E-state index in [9.17, 15) is 4.79 Å².